The molecular weight excluding hydrogens is 463 g/mol. The maximum absolute atomic E-state index is 13.1. The molecule has 1 aliphatic rings. The molecule has 4 rings (SSSR count). The molecule has 0 radical (unpaired) electrons. The molecule has 0 aliphatic carbocycles. The second-order valence-corrected chi connectivity index (χ2v) is 10.4. The number of hydrogen-bond acceptors (Lipinski definition) is 3. The molecule has 3 N–H and O–H groups in total. The fourth-order valence-corrected chi connectivity index (χ4v) is 6.59. The van der Waals surface area contributed by atoms with Crippen molar-refractivity contribution in [1.82, 2.24) is 10.6 Å². The summed E-state index contributed by atoms with van der Waals surface area (Å²) in [5.41, 5.74) is 1.57. The Bertz CT molecular complexity index is 937. The second kappa shape index (κ2) is 10.9. The summed E-state index contributed by atoms with van der Waals surface area (Å²) < 4.78 is 0. The van der Waals surface area contributed by atoms with Gasteiger partial charge >= 0.3 is 197 Å². The average molecular weight is 494 g/mol. The molecule has 1 fully saturated rings. The molecule has 1 saturated heterocycles. The Morgan fingerprint density at radius 3 is 2.06 bits per heavy atom. The predicted molar refractivity (Wildman–Crippen MR) is 130 cm³/mol. The molecule has 0 bridgehead atoms. The van der Waals surface area contributed by atoms with Crippen molar-refractivity contribution in [3.8, 4) is 0 Å². The number of amides is 1. The van der Waals surface area contributed by atoms with Crippen LogP contribution in [0.1, 0.15) is 29.5 Å². The summed E-state index contributed by atoms with van der Waals surface area (Å²) in [6, 6.07) is 29.3. The van der Waals surface area contributed by atoms with Crippen molar-refractivity contribution in [3.63, 3.8) is 0 Å². The van der Waals surface area contributed by atoms with Gasteiger partial charge in [-0.15, -0.1) is 0 Å². The van der Waals surface area contributed by atoms with Gasteiger partial charge in [0.05, 0.1) is 0 Å². The number of hydrogen-bond donors (Lipinski definition) is 3. The molecule has 2 atom stereocenters. The second-order valence-electron chi connectivity index (χ2n) is 8.21. The van der Waals surface area contributed by atoms with E-state index in [4.69, 9.17) is 0 Å². The Kier molecular flexibility index (Phi) is 7.77. The molecule has 0 spiro atoms. The van der Waals surface area contributed by atoms with E-state index in [2.05, 4.69) is 34.9 Å². The molecule has 0 unspecified atom stereocenters. The zero-order valence-corrected chi connectivity index (χ0v) is 19.8. The van der Waals surface area contributed by atoms with Gasteiger partial charge in [-0.05, 0) is 0 Å². The van der Waals surface area contributed by atoms with E-state index in [1.807, 2.05) is 66.7 Å². The Balaban J connectivity index is 1.64. The Morgan fingerprint density at radius 1 is 0.969 bits per heavy atom. The number of aliphatic hydroxyl groups is 1. The van der Waals surface area contributed by atoms with Crippen LogP contribution in [0.25, 0.3) is 0 Å². The van der Waals surface area contributed by atoms with Crippen molar-refractivity contribution in [2.45, 2.75) is 41.2 Å². The van der Waals surface area contributed by atoms with Gasteiger partial charge in [0, 0.05) is 0 Å². The first kappa shape index (κ1) is 22.8. The quantitative estimate of drug-likeness (QED) is 0.400. The van der Waals surface area contributed by atoms with Crippen molar-refractivity contribution >= 4 is 20.9 Å². The number of nitrogens with one attached hydrogen (secondary N) is 2. The third-order valence-corrected chi connectivity index (χ3v) is 8.34. The zero-order valence-electron chi connectivity index (χ0n) is 18.1. The standard InChI is InChI=1S/C27H30N2O2Se/c30-26(24-17-10-18-28-24)29-25(20-32-19-21-11-4-1-5-12-21)27(31,22-13-6-2-7-14-22)23-15-8-3-9-16-23/h1-9,11-16,24-25,28,31H,10,17-20H2,(H,29,30)/t24-,25-/m0/s1. The average Bonchev–Trinajstić information content (AvgIpc) is 3.40. The van der Waals surface area contributed by atoms with Crippen LogP contribution in [-0.2, 0) is 15.7 Å². The van der Waals surface area contributed by atoms with Crippen molar-refractivity contribution < 1.29 is 9.90 Å². The minimum atomic E-state index is -1.31. The summed E-state index contributed by atoms with van der Waals surface area (Å²) in [6.45, 7) is 0.863. The van der Waals surface area contributed by atoms with E-state index in [-0.39, 0.29) is 26.9 Å². The summed E-state index contributed by atoms with van der Waals surface area (Å²) in [6.07, 6.45) is 1.84. The SMILES string of the molecule is O=C(N[C@@H](C[Se]Cc1ccccc1)C(O)(c1ccccc1)c1ccccc1)[C@@H]1CCCN1. The van der Waals surface area contributed by atoms with E-state index in [1.54, 1.807) is 0 Å². The van der Waals surface area contributed by atoms with Gasteiger partial charge in [0.15, 0.2) is 0 Å². The van der Waals surface area contributed by atoms with Crippen LogP contribution in [0.3, 0.4) is 0 Å². The van der Waals surface area contributed by atoms with E-state index in [1.165, 1.54) is 5.56 Å². The molecule has 1 amide bonds. The topological polar surface area (TPSA) is 61.4 Å². The molecule has 4 nitrogen and oxygen atoms in total. The summed E-state index contributed by atoms with van der Waals surface area (Å²) in [5, 5.41) is 20.5. The van der Waals surface area contributed by atoms with E-state index < -0.39 is 11.6 Å². The molecule has 0 saturated carbocycles. The third kappa shape index (κ3) is 5.31. The van der Waals surface area contributed by atoms with Crippen LogP contribution in [-0.4, -0.2) is 44.6 Å². The van der Waals surface area contributed by atoms with Crippen LogP contribution >= 0.6 is 0 Å². The monoisotopic (exact) mass is 494 g/mol. The molecular formula is C27H30N2O2Se. The van der Waals surface area contributed by atoms with Crippen LogP contribution in [0.5, 0.6) is 0 Å². The van der Waals surface area contributed by atoms with Gasteiger partial charge in [-0.2, -0.15) is 0 Å². The summed E-state index contributed by atoms with van der Waals surface area (Å²) in [4.78, 5) is 13.1. The number of carbonyl (C=O) groups is 1. The van der Waals surface area contributed by atoms with E-state index >= 15 is 0 Å². The fraction of sp³-hybridized carbons (Fsp3) is 0.296. The summed E-state index contributed by atoms with van der Waals surface area (Å²) in [5.74, 6) is -0.0201. The zero-order chi connectivity index (χ0) is 22.2. The van der Waals surface area contributed by atoms with Crippen LogP contribution in [0.15, 0.2) is 91.0 Å². The van der Waals surface area contributed by atoms with Gasteiger partial charge in [-0.3, -0.25) is 0 Å². The number of rotatable bonds is 9. The molecule has 3 aromatic rings. The van der Waals surface area contributed by atoms with Gasteiger partial charge in [0.25, 0.3) is 0 Å². The fourth-order valence-electron chi connectivity index (χ4n) is 4.27. The Hall–Kier alpha value is -2.43. The van der Waals surface area contributed by atoms with Crippen molar-refractivity contribution in [1.29, 1.82) is 0 Å². The molecule has 0 aromatic heterocycles. The first-order valence-electron chi connectivity index (χ1n) is 11.2. The van der Waals surface area contributed by atoms with Crippen LogP contribution in [0.4, 0.5) is 0 Å². The van der Waals surface area contributed by atoms with E-state index in [0.29, 0.717) is 0 Å². The van der Waals surface area contributed by atoms with Gasteiger partial charge < -0.3 is 0 Å². The first-order valence-corrected chi connectivity index (χ1v) is 13.6. The van der Waals surface area contributed by atoms with Crippen LogP contribution in [0, 0.1) is 0 Å². The van der Waals surface area contributed by atoms with Crippen LogP contribution in [0.2, 0.25) is 5.32 Å². The third-order valence-electron chi connectivity index (χ3n) is 6.02. The normalized spacial score (nSPS) is 17.1. The van der Waals surface area contributed by atoms with Gasteiger partial charge in [0.1, 0.15) is 0 Å². The number of carbonyl (C=O) groups excluding carboxylic acids is 1. The van der Waals surface area contributed by atoms with E-state index in [9.17, 15) is 9.90 Å². The molecule has 3 aromatic carbocycles. The Morgan fingerprint density at radius 2 is 1.53 bits per heavy atom. The molecule has 1 heterocycles. The summed E-state index contributed by atoms with van der Waals surface area (Å²) in [7, 11) is 0. The molecule has 166 valence electrons. The molecule has 5 heteroatoms. The van der Waals surface area contributed by atoms with Crippen molar-refractivity contribution in [2.75, 3.05) is 6.54 Å². The predicted octanol–water partition coefficient (Wildman–Crippen LogP) is 3.48. The van der Waals surface area contributed by atoms with Crippen molar-refractivity contribution in [3.05, 3.63) is 108 Å². The van der Waals surface area contributed by atoms with E-state index in [0.717, 1.165) is 41.2 Å². The van der Waals surface area contributed by atoms with Crippen molar-refractivity contribution in [2.24, 2.45) is 0 Å². The van der Waals surface area contributed by atoms with Crippen LogP contribution < -0.4 is 10.6 Å². The van der Waals surface area contributed by atoms with Gasteiger partial charge in [-0.1, -0.05) is 0 Å². The van der Waals surface area contributed by atoms with Gasteiger partial charge in [0.2, 0.25) is 0 Å². The Labute approximate surface area is 196 Å². The summed E-state index contributed by atoms with van der Waals surface area (Å²) >= 11 is 0.208. The minimum absolute atomic E-state index is 0.0201. The maximum atomic E-state index is 13.1. The van der Waals surface area contributed by atoms with Gasteiger partial charge in [-0.25, -0.2) is 0 Å². The molecule has 32 heavy (non-hydrogen) atoms. The number of benzene rings is 3. The first-order chi connectivity index (χ1) is 15.7. The molecule has 1 aliphatic heterocycles.